The van der Waals surface area contributed by atoms with Gasteiger partial charge in [0.15, 0.2) is 0 Å². The molecular weight excluding hydrogens is 274 g/mol. The van der Waals surface area contributed by atoms with Gasteiger partial charge in [-0.2, -0.15) is 0 Å². The molecule has 0 saturated heterocycles. The fourth-order valence-electron chi connectivity index (χ4n) is 1.74. The van der Waals surface area contributed by atoms with Crippen LogP contribution >= 0.6 is 0 Å². The molecule has 2 aromatic rings. The predicted molar refractivity (Wildman–Crippen MR) is 75.5 cm³/mol. The smallest absolute Gasteiger partial charge is 0.337 e. The lowest BCUT2D eigenvalue weighted by Crippen LogP contribution is -2.12. The van der Waals surface area contributed by atoms with E-state index in [1.165, 1.54) is 31.4 Å². The van der Waals surface area contributed by atoms with Gasteiger partial charge >= 0.3 is 5.97 Å². The quantitative estimate of drug-likeness (QED) is 0.752. The lowest BCUT2D eigenvalue weighted by molar-refractivity contribution is 0.0600. The van der Waals surface area contributed by atoms with Crippen LogP contribution < -0.4 is 5.32 Å². The van der Waals surface area contributed by atoms with Gasteiger partial charge in [0.05, 0.1) is 12.7 Å². The molecule has 0 saturated carbocycles. The number of anilines is 1. The third-order valence-electron chi connectivity index (χ3n) is 2.73. The summed E-state index contributed by atoms with van der Waals surface area (Å²) in [6.07, 6.45) is 0. The van der Waals surface area contributed by atoms with Crippen LogP contribution in [0.3, 0.4) is 0 Å². The van der Waals surface area contributed by atoms with Crippen molar-refractivity contribution >= 4 is 17.6 Å². The van der Waals surface area contributed by atoms with Gasteiger partial charge in [0.2, 0.25) is 0 Å². The number of amides is 1. The summed E-state index contributed by atoms with van der Waals surface area (Å²) < 4.78 is 4.57. The maximum Gasteiger partial charge on any atom is 0.337 e. The predicted octanol–water partition coefficient (Wildman–Crippen LogP) is 2.14. The summed E-state index contributed by atoms with van der Waals surface area (Å²) in [7, 11) is 1.28. The first-order valence-electron chi connectivity index (χ1n) is 6.02. The number of benzene rings is 2. The highest BCUT2D eigenvalue weighted by molar-refractivity contribution is 6.05. The molecular formula is C15H13NO5. The normalized spacial score (nSPS) is 9.95. The molecule has 108 valence electrons. The number of phenols is 2. The van der Waals surface area contributed by atoms with E-state index >= 15 is 0 Å². The van der Waals surface area contributed by atoms with Crippen molar-refractivity contribution in [1.82, 2.24) is 0 Å². The standard InChI is InChI=1S/C15H13NO5/c1-21-15(20)9-2-4-11(5-3-9)16-14(19)10-6-12(17)8-13(18)7-10/h2-8,17-18H,1H3,(H,16,19). The van der Waals surface area contributed by atoms with E-state index in [1.807, 2.05) is 0 Å². The first-order chi connectivity index (χ1) is 9.99. The van der Waals surface area contributed by atoms with Crippen LogP contribution in [-0.4, -0.2) is 29.2 Å². The van der Waals surface area contributed by atoms with Gasteiger partial charge in [-0.25, -0.2) is 4.79 Å². The van der Waals surface area contributed by atoms with E-state index in [2.05, 4.69) is 10.1 Å². The summed E-state index contributed by atoms with van der Waals surface area (Å²) in [5, 5.41) is 21.3. The van der Waals surface area contributed by atoms with Crippen molar-refractivity contribution in [2.45, 2.75) is 0 Å². The number of methoxy groups -OCH3 is 1. The zero-order valence-corrected chi connectivity index (χ0v) is 11.2. The fourth-order valence-corrected chi connectivity index (χ4v) is 1.74. The van der Waals surface area contributed by atoms with Crippen LogP contribution in [0, 0.1) is 0 Å². The highest BCUT2D eigenvalue weighted by Crippen LogP contribution is 2.21. The van der Waals surface area contributed by atoms with Crippen LogP contribution in [-0.2, 0) is 4.74 Å². The molecule has 0 aromatic heterocycles. The fraction of sp³-hybridized carbons (Fsp3) is 0.0667. The Morgan fingerprint density at radius 1 is 0.952 bits per heavy atom. The molecule has 0 heterocycles. The van der Waals surface area contributed by atoms with Crippen molar-refractivity contribution in [3.63, 3.8) is 0 Å². The minimum atomic E-state index is -0.494. The zero-order valence-electron chi connectivity index (χ0n) is 11.2. The van der Waals surface area contributed by atoms with Crippen molar-refractivity contribution in [3.05, 3.63) is 53.6 Å². The van der Waals surface area contributed by atoms with Crippen molar-refractivity contribution < 1.29 is 24.5 Å². The van der Waals surface area contributed by atoms with Gasteiger partial charge in [0.25, 0.3) is 5.91 Å². The molecule has 0 unspecified atom stereocenters. The van der Waals surface area contributed by atoms with Crippen LogP contribution in [0.15, 0.2) is 42.5 Å². The second kappa shape index (κ2) is 5.96. The first kappa shape index (κ1) is 14.4. The van der Waals surface area contributed by atoms with Crippen molar-refractivity contribution in [2.75, 3.05) is 12.4 Å². The second-order valence-corrected chi connectivity index (χ2v) is 4.26. The molecule has 2 aromatic carbocycles. The summed E-state index contributed by atoms with van der Waals surface area (Å²) in [5.41, 5.74) is 0.950. The average Bonchev–Trinajstić information content (AvgIpc) is 2.46. The third kappa shape index (κ3) is 3.50. The Bertz CT molecular complexity index is 659. The number of aromatic hydroxyl groups is 2. The Morgan fingerprint density at radius 2 is 1.52 bits per heavy atom. The molecule has 0 fully saturated rings. The minimum Gasteiger partial charge on any atom is -0.508 e. The number of rotatable bonds is 3. The molecule has 0 aliphatic heterocycles. The van der Waals surface area contributed by atoms with E-state index in [0.29, 0.717) is 11.3 Å². The van der Waals surface area contributed by atoms with Gasteiger partial charge in [-0.3, -0.25) is 4.79 Å². The van der Waals surface area contributed by atoms with Crippen molar-refractivity contribution in [2.24, 2.45) is 0 Å². The molecule has 0 aliphatic rings. The summed E-state index contributed by atoms with van der Waals surface area (Å²) in [4.78, 5) is 23.2. The highest BCUT2D eigenvalue weighted by atomic mass is 16.5. The zero-order chi connectivity index (χ0) is 15.4. The lowest BCUT2D eigenvalue weighted by Gasteiger charge is -2.07. The minimum absolute atomic E-state index is 0.115. The summed E-state index contributed by atoms with van der Waals surface area (Å²) in [6, 6.07) is 9.72. The Morgan fingerprint density at radius 3 is 2.05 bits per heavy atom. The maximum atomic E-state index is 12.0. The first-order valence-corrected chi connectivity index (χ1v) is 6.02. The van der Waals surface area contributed by atoms with Crippen LogP contribution in [0.5, 0.6) is 11.5 Å². The van der Waals surface area contributed by atoms with Gasteiger partial charge in [-0.05, 0) is 36.4 Å². The number of hydrogen-bond acceptors (Lipinski definition) is 5. The number of esters is 1. The molecule has 6 nitrogen and oxygen atoms in total. The maximum absolute atomic E-state index is 12.0. The van der Waals surface area contributed by atoms with Gasteiger partial charge in [0, 0.05) is 17.3 Å². The molecule has 0 bridgehead atoms. The number of phenolic OH excluding ortho intramolecular Hbond substituents is 2. The molecule has 0 radical (unpaired) electrons. The van der Waals surface area contributed by atoms with Gasteiger partial charge in [-0.15, -0.1) is 0 Å². The van der Waals surface area contributed by atoms with Gasteiger partial charge in [-0.1, -0.05) is 0 Å². The summed E-state index contributed by atoms with van der Waals surface area (Å²) in [5.74, 6) is -1.37. The molecule has 1 amide bonds. The summed E-state index contributed by atoms with van der Waals surface area (Å²) in [6.45, 7) is 0. The van der Waals surface area contributed by atoms with E-state index in [4.69, 9.17) is 0 Å². The van der Waals surface area contributed by atoms with E-state index in [0.717, 1.165) is 6.07 Å². The van der Waals surface area contributed by atoms with Crippen LogP contribution in [0.2, 0.25) is 0 Å². The Hall–Kier alpha value is -3.02. The number of carbonyl (C=O) groups excluding carboxylic acids is 2. The Labute approximate surface area is 120 Å². The van der Waals surface area contributed by atoms with Crippen molar-refractivity contribution in [3.8, 4) is 11.5 Å². The molecule has 6 heteroatoms. The van der Waals surface area contributed by atoms with Gasteiger partial charge < -0.3 is 20.3 Å². The second-order valence-electron chi connectivity index (χ2n) is 4.26. The third-order valence-corrected chi connectivity index (χ3v) is 2.73. The molecule has 0 aliphatic carbocycles. The Balaban J connectivity index is 2.14. The topological polar surface area (TPSA) is 95.9 Å². The van der Waals surface area contributed by atoms with Gasteiger partial charge in [0.1, 0.15) is 11.5 Å². The van der Waals surface area contributed by atoms with E-state index in [-0.39, 0.29) is 17.1 Å². The van der Waals surface area contributed by atoms with Crippen LogP contribution in [0.4, 0.5) is 5.69 Å². The molecule has 3 N–H and O–H groups in total. The molecule has 0 atom stereocenters. The monoisotopic (exact) mass is 287 g/mol. The lowest BCUT2D eigenvalue weighted by atomic mass is 10.1. The molecule has 2 rings (SSSR count). The van der Waals surface area contributed by atoms with Crippen LogP contribution in [0.1, 0.15) is 20.7 Å². The van der Waals surface area contributed by atoms with E-state index in [9.17, 15) is 19.8 Å². The number of carbonyl (C=O) groups is 2. The average molecular weight is 287 g/mol. The molecule has 0 spiro atoms. The summed E-state index contributed by atoms with van der Waals surface area (Å²) >= 11 is 0. The van der Waals surface area contributed by atoms with Crippen molar-refractivity contribution in [1.29, 1.82) is 0 Å². The van der Waals surface area contributed by atoms with Crippen LogP contribution in [0.25, 0.3) is 0 Å². The highest BCUT2D eigenvalue weighted by Gasteiger charge is 2.10. The largest absolute Gasteiger partial charge is 0.508 e. The number of nitrogens with one attached hydrogen (secondary N) is 1. The Kier molecular flexibility index (Phi) is 4.08. The van der Waals surface area contributed by atoms with E-state index < -0.39 is 11.9 Å². The molecule has 21 heavy (non-hydrogen) atoms. The SMILES string of the molecule is COC(=O)c1ccc(NC(=O)c2cc(O)cc(O)c2)cc1. The number of ether oxygens (including phenoxy) is 1. The number of hydrogen-bond donors (Lipinski definition) is 3. The van der Waals surface area contributed by atoms with E-state index in [1.54, 1.807) is 12.1 Å².